The van der Waals surface area contributed by atoms with Crippen molar-refractivity contribution < 1.29 is 13.6 Å². The predicted octanol–water partition coefficient (Wildman–Crippen LogP) is 3.18. The third kappa shape index (κ3) is 2.52. The number of amides is 1. The molecule has 0 bridgehead atoms. The smallest absolute Gasteiger partial charge is 0.224 e. The molecule has 1 aliphatic heterocycles. The van der Waals surface area contributed by atoms with E-state index in [4.69, 9.17) is 5.73 Å². The third-order valence-corrected chi connectivity index (χ3v) is 3.39. The van der Waals surface area contributed by atoms with Crippen LogP contribution in [-0.2, 0) is 11.2 Å². The molecule has 2 aromatic carbocycles. The van der Waals surface area contributed by atoms with E-state index in [1.165, 1.54) is 6.07 Å². The Hall–Kier alpha value is -2.63. The standard InChI is InChI=1S/C15H13F2N3O/c16-9-2-1-3-10(17)15(9)20-13-7-12-8(6-11(13)18)4-5-14(21)19-12/h1-3,6-7,20H,4-5,18H2,(H,19,21). The largest absolute Gasteiger partial charge is 0.397 e. The van der Waals surface area contributed by atoms with Crippen LogP contribution in [0.2, 0.25) is 0 Å². The molecule has 4 nitrogen and oxygen atoms in total. The molecule has 0 spiro atoms. The number of aryl methyl sites for hydroxylation is 1. The fourth-order valence-electron chi connectivity index (χ4n) is 2.31. The van der Waals surface area contributed by atoms with Crippen LogP contribution in [-0.4, -0.2) is 5.91 Å². The van der Waals surface area contributed by atoms with E-state index in [2.05, 4.69) is 10.6 Å². The first-order valence-electron chi connectivity index (χ1n) is 6.48. The molecule has 1 heterocycles. The van der Waals surface area contributed by atoms with Gasteiger partial charge in [-0.15, -0.1) is 0 Å². The SMILES string of the molecule is Nc1cc2c(cc1Nc1c(F)cccc1F)NC(=O)CC2. The molecule has 0 radical (unpaired) electrons. The number of anilines is 4. The summed E-state index contributed by atoms with van der Waals surface area (Å²) in [5.74, 6) is -1.51. The lowest BCUT2D eigenvalue weighted by Gasteiger charge is -2.20. The van der Waals surface area contributed by atoms with Crippen LogP contribution < -0.4 is 16.4 Å². The highest BCUT2D eigenvalue weighted by molar-refractivity contribution is 5.96. The van der Waals surface area contributed by atoms with Crippen LogP contribution in [0, 0.1) is 11.6 Å². The summed E-state index contributed by atoms with van der Waals surface area (Å²) in [6.45, 7) is 0. The van der Waals surface area contributed by atoms with Gasteiger partial charge in [0.05, 0.1) is 11.4 Å². The van der Waals surface area contributed by atoms with E-state index in [0.29, 0.717) is 29.9 Å². The molecule has 1 amide bonds. The van der Waals surface area contributed by atoms with Gasteiger partial charge in [0.25, 0.3) is 0 Å². The minimum atomic E-state index is -0.712. The maximum atomic E-state index is 13.7. The van der Waals surface area contributed by atoms with Crippen molar-refractivity contribution >= 4 is 28.7 Å². The molecule has 0 aromatic heterocycles. The zero-order valence-corrected chi connectivity index (χ0v) is 11.0. The maximum absolute atomic E-state index is 13.7. The Labute approximate surface area is 120 Å². The quantitative estimate of drug-likeness (QED) is 0.744. The first kappa shape index (κ1) is 13.4. The maximum Gasteiger partial charge on any atom is 0.224 e. The van der Waals surface area contributed by atoms with Crippen molar-refractivity contribution in [3.05, 3.63) is 47.5 Å². The molecule has 0 fully saturated rings. The van der Waals surface area contributed by atoms with Gasteiger partial charge in [-0.3, -0.25) is 4.79 Å². The molecule has 0 atom stereocenters. The number of fused-ring (bicyclic) bond motifs is 1. The lowest BCUT2D eigenvalue weighted by Crippen LogP contribution is -2.19. The van der Waals surface area contributed by atoms with Gasteiger partial charge in [0.15, 0.2) is 0 Å². The van der Waals surface area contributed by atoms with Gasteiger partial charge in [0.2, 0.25) is 5.91 Å². The predicted molar refractivity (Wildman–Crippen MR) is 77.4 cm³/mol. The van der Waals surface area contributed by atoms with Crippen LogP contribution in [0.1, 0.15) is 12.0 Å². The summed E-state index contributed by atoms with van der Waals surface area (Å²) in [4.78, 5) is 11.4. The summed E-state index contributed by atoms with van der Waals surface area (Å²) in [5, 5.41) is 5.37. The van der Waals surface area contributed by atoms with Crippen LogP contribution >= 0.6 is 0 Å². The molecule has 21 heavy (non-hydrogen) atoms. The number of para-hydroxylation sites is 1. The van der Waals surface area contributed by atoms with E-state index in [0.717, 1.165) is 17.7 Å². The molecule has 0 aliphatic carbocycles. The van der Waals surface area contributed by atoms with Gasteiger partial charge in [-0.05, 0) is 36.2 Å². The molecular formula is C15H13F2N3O. The minimum absolute atomic E-state index is 0.0877. The summed E-state index contributed by atoms with van der Waals surface area (Å²) in [6.07, 6.45) is 1.00. The second kappa shape index (κ2) is 5.05. The summed E-state index contributed by atoms with van der Waals surface area (Å²) < 4.78 is 27.3. The molecule has 0 unspecified atom stereocenters. The van der Waals surface area contributed by atoms with Crippen LogP contribution in [0.5, 0.6) is 0 Å². The van der Waals surface area contributed by atoms with E-state index >= 15 is 0 Å². The van der Waals surface area contributed by atoms with E-state index in [1.807, 2.05) is 0 Å². The molecule has 108 valence electrons. The molecule has 4 N–H and O–H groups in total. The number of benzene rings is 2. The Morgan fingerprint density at radius 1 is 1.14 bits per heavy atom. The summed E-state index contributed by atoms with van der Waals surface area (Å²) in [5.41, 5.74) is 7.87. The van der Waals surface area contributed by atoms with Crippen LogP contribution in [0.15, 0.2) is 30.3 Å². The van der Waals surface area contributed by atoms with E-state index in [9.17, 15) is 13.6 Å². The number of nitrogens with one attached hydrogen (secondary N) is 2. The first-order chi connectivity index (χ1) is 10.0. The van der Waals surface area contributed by atoms with Gasteiger partial charge in [-0.25, -0.2) is 8.78 Å². The second-order valence-electron chi connectivity index (χ2n) is 4.87. The van der Waals surface area contributed by atoms with Gasteiger partial charge >= 0.3 is 0 Å². The third-order valence-electron chi connectivity index (χ3n) is 3.39. The number of hydrogen-bond donors (Lipinski definition) is 3. The molecule has 3 rings (SSSR count). The fraction of sp³-hybridized carbons (Fsp3) is 0.133. The van der Waals surface area contributed by atoms with Crippen molar-refractivity contribution in [2.45, 2.75) is 12.8 Å². The van der Waals surface area contributed by atoms with E-state index in [-0.39, 0.29) is 11.6 Å². The molecular weight excluding hydrogens is 276 g/mol. The Kier molecular flexibility index (Phi) is 3.21. The number of hydrogen-bond acceptors (Lipinski definition) is 3. The topological polar surface area (TPSA) is 67.2 Å². The highest BCUT2D eigenvalue weighted by atomic mass is 19.1. The average molecular weight is 289 g/mol. The minimum Gasteiger partial charge on any atom is -0.397 e. The van der Waals surface area contributed by atoms with Crippen molar-refractivity contribution in [2.24, 2.45) is 0 Å². The number of rotatable bonds is 2. The van der Waals surface area contributed by atoms with E-state index < -0.39 is 11.6 Å². The van der Waals surface area contributed by atoms with Gasteiger partial charge in [-0.2, -0.15) is 0 Å². The first-order valence-corrected chi connectivity index (χ1v) is 6.48. The highest BCUT2D eigenvalue weighted by Gasteiger charge is 2.18. The van der Waals surface area contributed by atoms with Crippen LogP contribution in [0.4, 0.5) is 31.5 Å². The summed E-state index contributed by atoms with van der Waals surface area (Å²) >= 11 is 0. The number of carbonyl (C=O) groups is 1. The molecule has 0 saturated heterocycles. The van der Waals surface area contributed by atoms with Crippen molar-refractivity contribution in [1.82, 2.24) is 0 Å². The number of nitrogens with two attached hydrogens (primary N) is 1. The monoisotopic (exact) mass is 289 g/mol. The Morgan fingerprint density at radius 3 is 2.57 bits per heavy atom. The normalized spacial score (nSPS) is 13.5. The Morgan fingerprint density at radius 2 is 1.86 bits per heavy atom. The molecule has 6 heteroatoms. The second-order valence-corrected chi connectivity index (χ2v) is 4.87. The summed E-state index contributed by atoms with van der Waals surface area (Å²) in [6, 6.07) is 6.89. The molecule has 2 aromatic rings. The van der Waals surface area contributed by atoms with Crippen molar-refractivity contribution in [3.8, 4) is 0 Å². The van der Waals surface area contributed by atoms with E-state index in [1.54, 1.807) is 12.1 Å². The number of nitrogen functional groups attached to an aromatic ring is 1. The number of carbonyl (C=O) groups excluding carboxylic acids is 1. The van der Waals surface area contributed by atoms with Crippen LogP contribution in [0.3, 0.4) is 0 Å². The molecule has 0 saturated carbocycles. The zero-order chi connectivity index (χ0) is 15.0. The van der Waals surface area contributed by atoms with Gasteiger partial charge in [-0.1, -0.05) is 6.07 Å². The summed E-state index contributed by atoms with van der Waals surface area (Å²) in [7, 11) is 0. The van der Waals surface area contributed by atoms with Crippen LogP contribution in [0.25, 0.3) is 0 Å². The Balaban J connectivity index is 1.99. The van der Waals surface area contributed by atoms with Gasteiger partial charge in [0, 0.05) is 12.1 Å². The van der Waals surface area contributed by atoms with Crippen molar-refractivity contribution in [2.75, 3.05) is 16.4 Å². The fourth-order valence-corrected chi connectivity index (χ4v) is 2.31. The number of halogens is 2. The zero-order valence-electron chi connectivity index (χ0n) is 11.0. The molecule has 1 aliphatic rings. The van der Waals surface area contributed by atoms with Gasteiger partial charge < -0.3 is 16.4 Å². The lowest BCUT2D eigenvalue weighted by atomic mass is 10.0. The van der Waals surface area contributed by atoms with Crippen molar-refractivity contribution in [1.29, 1.82) is 0 Å². The average Bonchev–Trinajstić information content (AvgIpc) is 2.44. The van der Waals surface area contributed by atoms with Crippen molar-refractivity contribution in [3.63, 3.8) is 0 Å². The highest BCUT2D eigenvalue weighted by Crippen LogP contribution is 2.33. The Bertz CT molecular complexity index is 711. The lowest BCUT2D eigenvalue weighted by molar-refractivity contribution is -0.116. The van der Waals surface area contributed by atoms with Gasteiger partial charge in [0.1, 0.15) is 17.3 Å².